The highest BCUT2D eigenvalue weighted by Gasteiger charge is 2.54. The number of aromatic nitrogens is 2. The maximum absolute atomic E-state index is 2.79. The molecule has 3 heteroatoms. The lowest BCUT2D eigenvalue weighted by molar-refractivity contribution is 0.741. The van der Waals surface area contributed by atoms with Crippen LogP contribution in [0, 0.1) is 0 Å². The van der Waals surface area contributed by atoms with E-state index in [0.717, 1.165) is 0 Å². The Bertz CT molecular complexity index is 3520. The first-order chi connectivity index (χ1) is 30.7. The molecule has 64 heavy (non-hydrogen) atoms. The highest BCUT2D eigenvalue weighted by Crippen LogP contribution is 2.62. The van der Waals surface area contributed by atoms with E-state index in [4.69, 9.17) is 0 Å². The first-order valence-electron chi connectivity index (χ1n) is 24.5. The van der Waals surface area contributed by atoms with Gasteiger partial charge < -0.3 is 9.13 Å². The van der Waals surface area contributed by atoms with Gasteiger partial charge in [-0.3, -0.25) is 0 Å². The van der Waals surface area contributed by atoms with Crippen LogP contribution in [0.4, 0.5) is 0 Å². The molecule has 13 rings (SSSR count). The van der Waals surface area contributed by atoms with Crippen molar-refractivity contribution in [2.24, 2.45) is 0 Å². The molecule has 0 saturated heterocycles. The van der Waals surface area contributed by atoms with Crippen molar-refractivity contribution in [2.75, 3.05) is 0 Å². The van der Waals surface area contributed by atoms with Gasteiger partial charge in [0.25, 0.3) is 6.71 Å². The topological polar surface area (TPSA) is 9.86 Å². The maximum Gasteiger partial charge on any atom is 0.252 e. The molecule has 3 aliphatic heterocycles. The average Bonchev–Trinajstić information content (AvgIpc) is 3.89. The molecule has 9 aromatic rings. The molecular weight excluding hydrogens is 771 g/mol. The normalized spacial score (nSPS) is 14.9. The second-order valence-electron chi connectivity index (χ2n) is 22.0. The summed E-state index contributed by atoms with van der Waals surface area (Å²) in [6, 6.07) is 43.1. The molecular formula is C61H59BN2. The second-order valence-corrected chi connectivity index (χ2v) is 22.0. The number of benzene rings is 7. The van der Waals surface area contributed by atoms with Crippen LogP contribution in [0.1, 0.15) is 174 Å². The van der Waals surface area contributed by atoms with Crippen molar-refractivity contribution in [3.8, 4) is 22.5 Å². The standard InChI is InChI=1S/C61H59BN2/c1-30(2)36-14-17-48-43(21-36)44-22-37(31(3)4)15-18-49(44)61(48)50-19-20-54-56-60(50)64-57-46(23-39(33(7)8)26-51(57)61)47-25-41(35(11)12)28-53(59(47)64)62(56)52-27-40(34(9)10)24-45-42-16-13-38(32(5)6)29-55(42)63(54)58(45)52/h13-35H,1-12H3. The van der Waals surface area contributed by atoms with Crippen LogP contribution >= 0.6 is 0 Å². The summed E-state index contributed by atoms with van der Waals surface area (Å²) in [5.41, 5.74) is 29.2. The number of hydrogen-bond donors (Lipinski definition) is 0. The predicted octanol–water partition coefficient (Wildman–Crippen LogP) is 14.4. The van der Waals surface area contributed by atoms with Crippen LogP contribution in [0.25, 0.3) is 66.1 Å². The van der Waals surface area contributed by atoms with Gasteiger partial charge >= 0.3 is 0 Å². The van der Waals surface area contributed by atoms with Crippen molar-refractivity contribution in [1.29, 1.82) is 0 Å². The molecule has 0 bridgehead atoms. The fraction of sp³-hybridized carbons (Fsp3) is 0.311. The van der Waals surface area contributed by atoms with Crippen LogP contribution in [0.3, 0.4) is 0 Å². The summed E-state index contributed by atoms with van der Waals surface area (Å²) in [6.45, 7) is 28.4. The highest BCUT2D eigenvalue weighted by atomic mass is 15.1. The molecule has 2 aromatic heterocycles. The number of nitrogens with zero attached hydrogens (tertiary/aromatic N) is 2. The van der Waals surface area contributed by atoms with Gasteiger partial charge in [-0.05, 0) is 149 Å². The first kappa shape index (κ1) is 38.6. The molecule has 0 radical (unpaired) electrons. The Balaban J connectivity index is 1.30. The summed E-state index contributed by atoms with van der Waals surface area (Å²) in [5.74, 6) is 2.46. The lowest BCUT2D eigenvalue weighted by Gasteiger charge is -2.44. The molecule has 1 spiro atoms. The zero-order valence-electron chi connectivity index (χ0n) is 39.8. The van der Waals surface area contributed by atoms with Crippen LogP contribution in [0.2, 0.25) is 0 Å². The SMILES string of the molecule is CC(C)c1ccc2c(c1)-c1cc(C(C)C)ccc1C21c2ccc3c4c2-n2c5c(cc(C(C)C)cc5c5cc(C(C)C)cc1c52)B4c1cc(C(C)C)cc2c4ccc(C(C)C)cc4n-3c12. The van der Waals surface area contributed by atoms with E-state index in [1.807, 2.05) is 0 Å². The Morgan fingerprint density at radius 2 is 0.828 bits per heavy atom. The molecule has 0 N–H and O–H groups in total. The van der Waals surface area contributed by atoms with Crippen molar-refractivity contribution in [2.45, 2.75) is 124 Å². The quantitative estimate of drug-likeness (QED) is 0.148. The number of hydrogen-bond acceptors (Lipinski definition) is 0. The van der Waals surface area contributed by atoms with E-state index < -0.39 is 5.41 Å². The molecule has 5 heterocycles. The summed E-state index contributed by atoms with van der Waals surface area (Å²) >= 11 is 0. The average molecular weight is 831 g/mol. The molecule has 4 aliphatic rings. The maximum atomic E-state index is 2.79. The van der Waals surface area contributed by atoms with Gasteiger partial charge in [0, 0.05) is 44.0 Å². The third kappa shape index (κ3) is 4.54. The van der Waals surface area contributed by atoms with Crippen molar-refractivity contribution < 1.29 is 0 Å². The zero-order valence-corrected chi connectivity index (χ0v) is 39.8. The molecule has 0 saturated carbocycles. The smallest absolute Gasteiger partial charge is 0.252 e. The van der Waals surface area contributed by atoms with E-state index in [9.17, 15) is 0 Å². The minimum absolute atomic E-state index is 0.0840. The van der Waals surface area contributed by atoms with E-state index in [1.54, 1.807) is 0 Å². The summed E-state index contributed by atoms with van der Waals surface area (Å²) < 4.78 is 5.49. The summed E-state index contributed by atoms with van der Waals surface area (Å²) in [6.07, 6.45) is 0. The van der Waals surface area contributed by atoms with E-state index in [2.05, 4.69) is 195 Å². The molecule has 0 fully saturated rings. The van der Waals surface area contributed by atoms with Crippen LogP contribution in [-0.2, 0) is 5.41 Å². The van der Waals surface area contributed by atoms with Crippen LogP contribution in [0.5, 0.6) is 0 Å². The molecule has 0 atom stereocenters. The number of rotatable bonds is 6. The minimum Gasteiger partial charge on any atom is -0.310 e. The van der Waals surface area contributed by atoms with Gasteiger partial charge in [-0.15, -0.1) is 0 Å². The predicted molar refractivity (Wildman–Crippen MR) is 275 cm³/mol. The molecule has 0 amide bonds. The van der Waals surface area contributed by atoms with Crippen LogP contribution in [-0.4, -0.2) is 15.8 Å². The van der Waals surface area contributed by atoms with Crippen molar-refractivity contribution in [1.82, 2.24) is 9.13 Å². The summed E-state index contributed by atoms with van der Waals surface area (Å²) in [4.78, 5) is 0. The molecule has 0 unspecified atom stereocenters. The van der Waals surface area contributed by atoms with E-state index in [1.165, 1.54) is 138 Å². The Labute approximate surface area is 379 Å². The molecule has 1 aliphatic carbocycles. The summed E-state index contributed by atoms with van der Waals surface area (Å²) in [7, 11) is 0. The fourth-order valence-electron chi connectivity index (χ4n) is 13.0. The Hall–Kier alpha value is -5.80. The molecule has 7 aromatic carbocycles. The summed E-state index contributed by atoms with van der Waals surface area (Å²) in [5, 5.41) is 5.56. The van der Waals surface area contributed by atoms with Gasteiger partial charge in [-0.1, -0.05) is 156 Å². The van der Waals surface area contributed by atoms with Gasteiger partial charge in [-0.2, -0.15) is 0 Å². The minimum atomic E-state index is -0.505. The van der Waals surface area contributed by atoms with Crippen LogP contribution < -0.4 is 16.4 Å². The zero-order chi connectivity index (χ0) is 44.2. The van der Waals surface area contributed by atoms with Gasteiger partial charge in [0.15, 0.2) is 0 Å². The number of fused-ring (bicyclic) bond motifs is 14. The highest BCUT2D eigenvalue weighted by molar-refractivity contribution is 7.00. The third-order valence-corrected chi connectivity index (χ3v) is 16.5. The van der Waals surface area contributed by atoms with Crippen molar-refractivity contribution >= 4 is 66.7 Å². The lowest BCUT2D eigenvalue weighted by Crippen LogP contribution is -2.60. The Morgan fingerprint density at radius 3 is 1.38 bits per heavy atom. The van der Waals surface area contributed by atoms with Crippen molar-refractivity contribution in [3.63, 3.8) is 0 Å². The largest absolute Gasteiger partial charge is 0.310 e. The van der Waals surface area contributed by atoms with Gasteiger partial charge in [0.1, 0.15) is 0 Å². The van der Waals surface area contributed by atoms with Gasteiger partial charge in [0.2, 0.25) is 0 Å². The fourth-order valence-corrected chi connectivity index (χ4v) is 13.0. The molecule has 2 nitrogen and oxygen atoms in total. The van der Waals surface area contributed by atoms with Crippen molar-refractivity contribution in [3.05, 3.63) is 159 Å². The lowest BCUT2D eigenvalue weighted by atomic mass is 9.33. The second kappa shape index (κ2) is 12.7. The van der Waals surface area contributed by atoms with E-state index in [0.29, 0.717) is 35.5 Å². The first-order valence-corrected chi connectivity index (χ1v) is 24.5. The Morgan fingerprint density at radius 1 is 0.375 bits per heavy atom. The van der Waals surface area contributed by atoms with E-state index >= 15 is 0 Å². The monoisotopic (exact) mass is 830 g/mol. The van der Waals surface area contributed by atoms with Gasteiger partial charge in [0.05, 0.1) is 16.4 Å². The van der Waals surface area contributed by atoms with Crippen LogP contribution in [0.15, 0.2) is 103 Å². The van der Waals surface area contributed by atoms with E-state index in [-0.39, 0.29) is 6.71 Å². The third-order valence-electron chi connectivity index (χ3n) is 16.5. The Kier molecular flexibility index (Phi) is 7.68. The molecule has 316 valence electrons. The van der Waals surface area contributed by atoms with Gasteiger partial charge in [-0.25, -0.2) is 0 Å².